The van der Waals surface area contributed by atoms with Gasteiger partial charge in [0.1, 0.15) is 5.82 Å². The lowest BCUT2D eigenvalue weighted by Crippen LogP contribution is -2.28. The summed E-state index contributed by atoms with van der Waals surface area (Å²) in [5.74, 6) is -1.37. The number of hydrogen-bond acceptors (Lipinski definition) is 3. The van der Waals surface area contributed by atoms with E-state index in [9.17, 15) is 23.7 Å². The molecule has 0 bridgehead atoms. The second kappa shape index (κ2) is 6.82. The molecule has 2 rings (SSSR count). The van der Waals surface area contributed by atoms with Crippen LogP contribution in [0.5, 0.6) is 0 Å². The molecular formula is C15H13F2N3O3. The molecule has 0 unspecified atom stereocenters. The Labute approximate surface area is 130 Å². The summed E-state index contributed by atoms with van der Waals surface area (Å²) in [6, 6.07) is 6.88. The molecule has 0 atom stereocenters. The van der Waals surface area contributed by atoms with E-state index in [2.05, 4.69) is 10.6 Å². The van der Waals surface area contributed by atoms with Crippen LogP contribution in [0.15, 0.2) is 36.4 Å². The summed E-state index contributed by atoms with van der Waals surface area (Å²) in [6.45, 7) is 1.76. The molecule has 0 fully saturated rings. The highest BCUT2D eigenvalue weighted by molar-refractivity contribution is 5.89. The van der Waals surface area contributed by atoms with Crippen LogP contribution in [-0.4, -0.2) is 11.0 Å². The Morgan fingerprint density at radius 1 is 1.17 bits per heavy atom. The van der Waals surface area contributed by atoms with Gasteiger partial charge in [0.05, 0.1) is 4.92 Å². The quantitative estimate of drug-likeness (QED) is 0.667. The van der Waals surface area contributed by atoms with E-state index in [1.54, 1.807) is 13.0 Å². The largest absolute Gasteiger partial charge is 0.334 e. The zero-order valence-corrected chi connectivity index (χ0v) is 12.1. The molecule has 6 nitrogen and oxygen atoms in total. The minimum atomic E-state index is -1.04. The van der Waals surface area contributed by atoms with Gasteiger partial charge in [0.15, 0.2) is 0 Å². The molecule has 0 aliphatic heterocycles. The molecule has 120 valence electrons. The van der Waals surface area contributed by atoms with E-state index in [-0.39, 0.29) is 18.0 Å². The van der Waals surface area contributed by atoms with Crippen molar-refractivity contribution < 1.29 is 18.5 Å². The fraction of sp³-hybridized carbons (Fsp3) is 0.133. The molecule has 0 heterocycles. The minimum Gasteiger partial charge on any atom is -0.334 e. The lowest BCUT2D eigenvalue weighted by molar-refractivity contribution is -0.387. The van der Waals surface area contributed by atoms with Gasteiger partial charge in [-0.05, 0) is 30.2 Å². The number of hydrogen-bond donors (Lipinski definition) is 2. The van der Waals surface area contributed by atoms with Gasteiger partial charge in [-0.15, -0.1) is 0 Å². The van der Waals surface area contributed by atoms with E-state index in [1.165, 1.54) is 18.2 Å². The summed E-state index contributed by atoms with van der Waals surface area (Å²) in [6.07, 6.45) is 0. The van der Waals surface area contributed by atoms with E-state index in [1.807, 2.05) is 0 Å². The fourth-order valence-electron chi connectivity index (χ4n) is 1.91. The van der Waals surface area contributed by atoms with Gasteiger partial charge in [-0.1, -0.05) is 12.1 Å². The highest BCUT2D eigenvalue weighted by atomic mass is 19.1. The zero-order chi connectivity index (χ0) is 17.0. The molecule has 2 aromatic rings. The molecule has 8 heteroatoms. The van der Waals surface area contributed by atoms with Crippen molar-refractivity contribution in [2.24, 2.45) is 0 Å². The van der Waals surface area contributed by atoms with Crippen molar-refractivity contribution in [2.45, 2.75) is 13.5 Å². The summed E-state index contributed by atoms with van der Waals surface area (Å²) < 4.78 is 26.6. The predicted molar refractivity (Wildman–Crippen MR) is 80.0 cm³/mol. The average molecular weight is 321 g/mol. The molecule has 0 aromatic heterocycles. The molecular weight excluding hydrogens is 308 g/mol. The van der Waals surface area contributed by atoms with Crippen molar-refractivity contribution in [3.63, 3.8) is 0 Å². The summed E-state index contributed by atoms with van der Waals surface area (Å²) in [5, 5.41) is 15.4. The van der Waals surface area contributed by atoms with Gasteiger partial charge in [0.2, 0.25) is 5.82 Å². The number of nitrogens with zero attached hydrogens (tertiary/aromatic N) is 1. The maximum atomic E-state index is 13.4. The smallest absolute Gasteiger partial charge is 0.319 e. The Kier molecular flexibility index (Phi) is 4.85. The van der Waals surface area contributed by atoms with Gasteiger partial charge < -0.3 is 10.6 Å². The molecule has 0 spiro atoms. The van der Waals surface area contributed by atoms with Gasteiger partial charge in [-0.25, -0.2) is 9.18 Å². The number of urea groups is 1. The van der Waals surface area contributed by atoms with Crippen LogP contribution in [0.25, 0.3) is 0 Å². The number of amides is 2. The van der Waals surface area contributed by atoms with Crippen LogP contribution in [0.4, 0.5) is 25.0 Å². The van der Waals surface area contributed by atoms with Crippen LogP contribution >= 0.6 is 0 Å². The topological polar surface area (TPSA) is 84.3 Å². The maximum absolute atomic E-state index is 13.4. The van der Waals surface area contributed by atoms with E-state index in [0.717, 1.165) is 12.1 Å². The lowest BCUT2D eigenvalue weighted by Gasteiger charge is -2.08. The van der Waals surface area contributed by atoms with Crippen LogP contribution in [0.1, 0.15) is 11.1 Å². The van der Waals surface area contributed by atoms with Crippen LogP contribution in [0.3, 0.4) is 0 Å². The zero-order valence-electron chi connectivity index (χ0n) is 12.1. The van der Waals surface area contributed by atoms with Crippen molar-refractivity contribution in [1.82, 2.24) is 5.32 Å². The maximum Gasteiger partial charge on any atom is 0.319 e. The number of nitro groups is 1. The molecule has 2 aromatic carbocycles. The van der Waals surface area contributed by atoms with Crippen LogP contribution in [0, 0.1) is 28.7 Å². The molecule has 2 N–H and O–H groups in total. The Bertz CT molecular complexity index is 766. The predicted octanol–water partition coefficient (Wildman–Crippen LogP) is 3.50. The van der Waals surface area contributed by atoms with Crippen LogP contribution in [0.2, 0.25) is 0 Å². The standard InChI is InChI=1S/C15H13F2N3O3/c1-9-6-10(2-4-12(9)16)8-18-15(21)19-11-3-5-14(20(22)23)13(17)7-11/h2-7H,8H2,1H3,(H2,18,19,21). The number of benzene rings is 2. The Hall–Kier alpha value is -3.03. The number of halogens is 2. The van der Waals surface area contributed by atoms with Gasteiger partial charge in [0, 0.05) is 24.4 Å². The fourth-order valence-corrected chi connectivity index (χ4v) is 1.91. The van der Waals surface area contributed by atoms with Crippen molar-refractivity contribution in [3.8, 4) is 0 Å². The van der Waals surface area contributed by atoms with E-state index >= 15 is 0 Å². The molecule has 0 saturated carbocycles. The Morgan fingerprint density at radius 3 is 2.52 bits per heavy atom. The molecule has 23 heavy (non-hydrogen) atoms. The van der Waals surface area contributed by atoms with Crippen molar-refractivity contribution in [3.05, 3.63) is 69.3 Å². The van der Waals surface area contributed by atoms with Crippen molar-refractivity contribution in [2.75, 3.05) is 5.32 Å². The number of carbonyl (C=O) groups excluding carboxylic acids is 1. The summed E-state index contributed by atoms with van der Waals surface area (Å²) >= 11 is 0. The third-order valence-corrected chi connectivity index (χ3v) is 3.08. The number of nitro benzene ring substituents is 1. The van der Waals surface area contributed by atoms with E-state index in [0.29, 0.717) is 11.1 Å². The summed E-state index contributed by atoms with van der Waals surface area (Å²) in [5.41, 5.74) is 0.578. The normalized spacial score (nSPS) is 10.2. The van der Waals surface area contributed by atoms with Gasteiger partial charge >= 0.3 is 11.7 Å². The first kappa shape index (κ1) is 16.3. The van der Waals surface area contributed by atoms with Gasteiger partial charge in [-0.3, -0.25) is 10.1 Å². The van der Waals surface area contributed by atoms with E-state index < -0.39 is 22.5 Å². The number of rotatable bonds is 4. The number of carbonyl (C=O) groups is 1. The molecule has 0 aliphatic rings. The number of aryl methyl sites for hydroxylation is 1. The highest BCUT2D eigenvalue weighted by Crippen LogP contribution is 2.20. The first-order valence-electron chi connectivity index (χ1n) is 6.60. The molecule has 2 amide bonds. The first-order chi connectivity index (χ1) is 10.9. The van der Waals surface area contributed by atoms with Crippen molar-refractivity contribution in [1.29, 1.82) is 0 Å². The van der Waals surface area contributed by atoms with Crippen LogP contribution < -0.4 is 10.6 Å². The second-order valence-electron chi connectivity index (χ2n) is 4.81. The summed E-state index contributed by atoms with van der Waals surface area (Å²) in [4.78, 5) is 21.4. The second-order valence-corrected chi connectivity index (χ2v) is 4.81. The lowest BCUT2D eigenvalue weighted by atomic mass is 10.1. The average Bonchev–Trinajstić information content (AvgIpc) is 2.48. The summed E-state index contributed by atoms with van der Waals surface area (Å²) in [7, 11) is 0. The molecule has 0 aliphatic carbocycles. The molecule has 0 saturated heterocycles. The van der Waals surface area contributed by atoms with Crippen LogP contribution in [-0.2, 0) is 6.54 Å². The SMILES string of the molecule is Cc1cc(CNC(=O)Nc2ccc([N+](=O)[O-])c(F)c2)ccc1F. The minimum absolute atomic E-state index is 0.0842. The monoisotopic (exact) mass is 321 g/mol. The Morgan fingerprint density at radius 2 is 1.91 bits per heavy atom. The third kappa shape index (κ3) is 4.22. The number of nitrogens with one attached hydrogen (secondary N) is 2. The number of anilines is 1. The third-order valence-electron chi connectivity index (χ3n) is 3.08. The van der Waals surface area contributed by atoms with Gasteiger partial charge in [0.25, 0.3) is 0 Å². The van der Waals surface area contributed by atoms with E-state index in [4.69, 9.17) is 0 Å². The van der Waals surface area contributed by atoms with Crippen molar-refractivity contribution >= 4 is 17.4 Å². The highest BCUT2D eigenvalue weighted by Gasteiger charge is 2.14. The first-order valence-corrected chi connectivity index (χ1v) is 6.60. The molecule has 0 radical (unpaired) electrons. The Balaban J connectivity index is 1.95. The van der Waals surface area contributed by atoms with Gasteiger partial charge in [-0.2, -0.15) is 4.39 Å².